The van der Waals surface area contributed by atoms with E-state index in [0.717, 1.165) is 11.1 Å². The zero-order chi connectivity index (χ0) is 17.0. The average molecular weight is 315 g/mol. The number of nitrogens with zero attached hydrogens (tertiary/aromatic N) is 2. The first-order chi connectivity index (χ1) is 10.9. The van der Waals surface area contributed by atoms with Gasteiger partial charge in [-0.05, 0) is 38.0 Å². The van der Waals surface area contributed by atoms with Crippen LogP contribution in [0.5, 0.6) is 0 Å². The highest BCUT2D eigenvalue weighted by Crippen LogP contribution is 2.21. The average Bonchev–Trinajstić information content (AvgIpc) is 2.96. The van der Waals surface area contributed by atoms with Gasteiger partial charge < -0.3 is 10.4 Å². The topological polar surface area (TPSA) is 84.2 Å². The lowest BCUT2D eigenvalue weighted by Gasteiger charge is -2.19. The maximum absolute atomic E-state index is 12.4. The van der Waals surface area contributed by atoms with E-state index >= 15 is 0 Å². The first-order valence-electron chi connectivity index (χ1n) is 7.52. The molecule has 0 saturated heterocycles. The van der Waals surface area contributed by atoms with E-state index < -0.39 is 12.0 Å². The fourth-order valence-corrected chi connectivity index (χ4v) is 2.37. The normalized spacial score (nSPS) is 12.2. The number of carboxylic acids is 1. The van der Waals surface area contributed by atoms with Crippen LogP contribution in [-0.2, 0) is 4.79 Å². The van der Waals surface area contributed by atoms with Gasteiger partial charge in [0.1, 0.15) is 5.69 Å². The third-order valence-electron chi connectivity index (χ3n) is 3.62. The molecule has 0 aliphatic rings. The van der Waals surface area contributed by atoms with E-state index in [4.69, 9.17) is 5.11 Å². The van der Waals surface area contributed by atoms with Crippen LogP contribution in [0, 0.1) is 6.92 Å². The second kappa shape index (κ2) is 7.09. The van der Waals surface area contributed by atoms with Crippen LogP contribution in [0.2, 0.25) is 0 Å². The zero-order valence-corrected chi connectivity index (χ0v) is 13.5. The maximum Gasteiger partial charge on any atom is 0.305 e. The summed E-state index contributed by atoms with van der Waals surface area (Å²) in [4.78, 5) is 23.5. The lowest BCUT2D eigenvalue weighted by molar-refractivity contribution is -0.137. The number of carboxylic acid groups (broad SMARTS) is 1. The van der Waals surface area contributed by atoms with Gasteiger partial charge in [0.2, 0.25) is 0 Å². The second-order valence-electron chi connectivity index (χ2n) is 5.76. The third-order valence-corrected chi connectivity index (χ3v) is 3.62. The van der Waals surface area contributed by atoms with E-state index in [0.29, 0.717) is 0 Å². The Labute approximate surface area is 135 Å². The molecule has 2 rings (SSSR count). The van der Waals surface area contributed by atoms with Crippen molar-refractivity contribution in [3.05, 3.63) is 53.3 Å². The van der Waals surface area contributed by atoms with E-state index in [-0.39, 0.29) is 24.1 Å². The highest BCUT2D eigenvalue weighted by atomic mass is 16.4. The molecule has 0 radical (unpaired) electrons. The number of amides is 1. The van der Waals surface area contributed by atoms with Crippen molar-refractivity contribution in [3.63, 3.8) is 0 Å². The number of rotatable bonds is 6. The van der Waals surface area contributed by atoms with Crippen LogP contribution in [-0.4, -0.2) is 26.8 Å². The predicted molar refractivity (Wildman–Crippen MR) is 86.3 cm³/mol. The van der Waals surface area contributed by atoms with Crippen molar-refractivity contribution in [2.24, 2.45) is 0 Å². The summed E-state index contributed by atoms with van der Waals surface area (Å²) in [7, 11) is 0. The summed E-state index contributed by atoms with van der Waals surface area (Å²) in [6.07, 6.45) is 1.56. The van der Waals surface area contributed by atoms with Gasteiger partial charge >= 0.3 is 5.97 Å². The van der Waals surface area contributed by atoms with Crippen molar-refractivity contribution >= 4 is 11.9 Å². The molecule has 0 bridgehead atoms. The minimum absolute atomic E-state index is 0.155. The summed E-state index contributed by atoms with van der Waals surface area (Å²) in [5.41, 5.74) is 2.01. The Morgan fingerprint density at radius 2 is 1.96 bits per heavy atom. The van der Waals surface area contributed by atoms with Crippen molar-refractivity contribution in [2.45, 2.75) is 39.3 Å². The molecule has 6 nitrogen and oxygen atoms in total. The van der Waals surface area contributed by atoms with Crippen molar-refractivity contribution in [3.8, 4) is 0 Å². The fourth-order valence-electron chi connectivity index (χ4n) is 2.37. The molecular weight excluding hydrogens is 294 g/mol. The smallest absolute Gasteiger partial charge is 0.305 e. The zero-order valence-electron chi connectivity index (χ0n) is 13.5. The molecule has 122 valence electrons. The predicted octanol–water partition coefficient (Wildman–Crippen LogP) is 2.72. The number of benzene rings is 1. The van der Waals surface area contributed by atoms with Gasteiger partial charge in [-0.3, -0.25) is 14.3 Å². The molecule has 0 spiro atoms. The maximum atomic E-state index is 12.4. The molecule has 0 saturated carbocycles. The fraction of sp³-hybridized carbons (Fsp3) is 0.353. The molecule has 1 heterocycles. The standard InChI is InChI=1S/C17H21N3O3/c1-11(2)20-9-8-14(19-20)17(23)18-15(10-16(21)22)13-7-5-4-6-12(13)3/h4-9,11,15H,10H2,1-3H3,(H,18,23)(H,21,22). The number of carbonyl (C=O) groups excluding carboxylic acids is 1. The molecule has 0 fully saturated rings. The largest absolute Gasteiger partial charge is 0.481 e. The van der Waals surface area contributed by atoms with Crippen LogP contribution in [0.25, 0.3) is 0 Å². The molecule has 1 aromatic carbocycles. The lowest BCUT2D eigenvalue weighted by Crippen LogP contribution is -2.31. The van der Waals surface area contributed by atoms with Gasteiger partial charge in [-0.25, -0.2) is 0 Å². The molecule has 1 atom stereocenters. The van der Waals surface area contributed by atoms with Gasteiger partial charge in [-0.2, -0.15) is 5.10 Å². The van der Waals surface area contributed by atoms with Crippen LogP contribution < -0.4 is 5.32 Å². The Morgan fingerprint density at radius 3 is 2.52 bits per heavy atom. The van der Waals surface area contributed by atoms with Gasteiger partial charge in [0.05, 0.1) is 12.5 Å². The molecule has 2 aromatic rings. The summed E-state index contributed by atoms with van der Waals surface area (Å²) >= 11 is 0. The SMILES string of the molecule is Cc1ccccc1C(CC(=O)O)NC(=O)c1ccn(C(C)C)n1. The molecule has 2 N–H and O–H groups in total. The number of carbonyl (C=O) groups is 2. The van der Waals surface area contributed by atoms with Crippen LogP contribution in [0.3, 0.4) is 0 Å². The van der Waals surface area contributed by atoms with E-state index in [1.54, 1.807) is 16.9 Å². The number of hydrogen-bond acceptors (Lipinski definition) is 3. The molecular formula is C17H21N3O3. The molecule has 0 aliphatic heterocycles. The van der Waals surface area contributed by atoms with Crippen molar-refractivity contribution in [2.75, 3.05) is 0 Å². The van der Waals surface area contributed by atoms with Crippen LogP contribution in [0.15, 0.2) is 36.5 Å². The monoisotopic (exact) mass is 315 g/mol. The number of aliphatic carboxylic acids is 1. The molecule has 6 heteroatoms. The third kappa shape index (κ3) is 4.18. The quantitative estimate of drug-likeness (QED) is 0.858. The van der Waals surface area contributed by atoms with Gasteiger partial charge in [-0.15, -0.1) is 0 Å². The van der Waals surface area contributed by atoms with Crippen LogP contribution in [0.4, 0.5) is 0 Å². The van der Waals surface area contributed by atoms with Gasteiger partial charge in [-0.1, -0.05) is 24.3 Å². The minimum atomic E-state index is -0.966. The van der Waals surface area contributed by atoms with Gasteiger partial charge in [0.25, 0.3) is 5.91 Å². The summed E-state index contributed by atoms with van der Waals surface area (Å²) in [6.45, 7) is 5.83. The number of aromatic nitrogens is 2. The minimum Gasteiger partial charge on any atom is -0.481 e. The van der Waals surface area contributed by atoms with Crippen LogP contribution in [0.1, 0.15) is 54.0 Å². The molecule has 1 aromatic heterocycles. The number of aryl methyl sites for hydroxylation is 1. The first-order valence-corrected chi connectivity index (χ1v) is 7.52. The Bertz CT molecular complexity index is 707. The number of nitrogens with one attached hydrogen (secondary N) is 1. The Hall–Kier alpha value is -2.63. The van der Waals surface area contributed by atoms with Gasteiger partial charge in [0, 0.05) is 12.2 Å². The molecule has 1 amide bonds. The Kier molecular flexibility index (Phi) is 5.16. The van der Waals surface area contributed by atoms with E-state index in [2.05, 4.69) is 10.4 Å². The molecule has 1 unspecified atom stereocenters. The highest BCUT2D eigenvalue weighted by molar-refractivity contribution is 5.92. The van der Waals surface area contributed by atoms with Crippen molar-refractivity contribution < 1.29 is 14.7 Å². The Morgan fingerprint density at radius 1 is 1.26 bits per heavy atom. The van der Waals surface area contributed by atoms with E-state index in [1.807, 2.05) is 45.0 Å². The van der Waals surface area contributed by atoms with E-state index in [9.17, 15) is 9.59 Å². The van der Waals surface area contributed by atoms with Crippen molar-refractivity contribution in [1.82, 2.24) is 15.1 Å². The number of hydrogen-bond donors (Lipinski definition) is 2. The first kappa shape index (κ1) is 16.7. The summed E-state index contributed by atoms with van der Waals surface area (Å²) < 4.78 is 1.69. The molecule has 0 aliphatic carbocycles. The highest BCUT2D eigenvalue weighted by Gasteiger charge is 2.21. The Balaban J connectivity index is 2.21. The summed E-state index contributed by atoms with van der Waals surface area (Å²) in [5, 5.41) is 16.1. The second-order valence-corrected chi connectivity index (χ2v) is 5.76. The summed E-state index contributed by atoms with van der Waals surface area (Å²) in [6, 6.07) is 8.62. The lowest BCUT2D eigenvalue weighted by atomic mass is 9.98. The van der Waals surface area contributed by atoms with Gasteiger partial charge in [0.15, 0.2) is 0 Å². The van der Waals surface area contributed by atoms with Crippen molar-refractivity contribution in [1.29, 1.82) is 0 Å². The summed E-state index contributed by atoms with van der Waals surface area (Å²) in [5.74, 6) is -1.34. The van der Waals surface area contributed by atoms with E-state index in [1.165, 1.54) is 0 Å². The van der Waals surface area contributed by atoms with Crippen LogP contribution >= 0.6 is 0 Å². The molecule has 23 heavy (non-hydrogen) atoms.